The summed E-state index contributed by atoms with van der Waals surface area (Å²) in [5.74, 6) is 0.614. The minimum atomic E-state index is -1.42. The Morgan fingerprint density at radius 2 is 1.91 bits per heavy atom. The third kappa shape index (κ3) is 4.32. The van der Waals surface area contributed by atoms with Gasteiger partial charge in [-0.2, -0.15) is 4.98 Å². The molecule has 0 radical (unpaired) electrons. The predicted molar refractivity (Wildman–Crippen MR) is 86.3 cm³/mol. The zero-order chi connectivity index (χ0) is 16.8. The second-order valence-electron chi connectivity index (χ2n) is 4.69. The van der Waals surface area contributed by atoms with Crippen molar-refractivity contribution >= 4 is 17.8 Å². The monoisotopic (exact) mass is 336 g/mol. The molecular weight excluding hydrogens is 320 g/mol. The lowest BCUT2D eigenvalue weighted by Gasteiger charge is -2.13. The van der Waals surface area contributed by atoms with Crippen LogP contribution in [0.2, 0.25) is 5.02 Å². The summed E-state index contributed by atoms with van der Waals surface area (Å²) in [5.41, 5.74) is 1.26. The van der Waals surface area contributed by atoms with Crippen LogP contribution in [0, 0.1) is 0 Å². The fraction of sp³-hybridized carbons (Fsp3) is 0.312. The fourth-order valence-corrected chi connectivity index (χ4v) is 2.16. The van der Waals surface area contributed by atoms with Gasteiger partial charge in [0.2, 0.25) is 5.75 Å². The van der Waals surface area contributed by atoms with E-state index in [1.807, 2.05) is 6.92 Å². The summed E-state index contributed by atoms with van der Waals surface area (Å²) in [7, 11) is 0. The van der Waals surface area contributed by atoms with Crippen LogP contribution in [-0.2, 0) is 6.42 Å². The molecule has 23 heavy (non-hydrogen) atoms. The molecule has 1 heterocycles. The Bertz CT molecular complexity index is 662. The van der Waals surface area contributed by atoms with E-state index < -0.39 is 6.16 Å². The van der Waals surface area contributed by atoms with Crippen LogP contribution in [0.15, 0.2) is 24.3 Å². The summed E-state index contributed by atoms with van der Waals surface area (Å²) < 4.78 is 10.3. The van der Waals surface area contributed by atoms with E-state index in [1.54, 1.807) is 31.2 Å². The summed E-state index contributed by atoms with van der Waals surface area (Å²) in [6.07, 6.45) is -0.101. The van der Waals surface area contributed by atoms with Crippen LogP contribution in [0.4, 0.5) is 4.79 Å². The summed E-state index contributed by atoms with van der Waals surface area (Å²) in [6, 6.07) is 7.06. The Morgan fingerprint density at radius 3 is 2.48 bits per heavy atom. The number of aryl methyl sites for hydroxylation is 1. The molecule has 0 aliphatic heterocycles. The summed E-state index contributed by atoms with van der Waals surface area (Å²) in [5, 5.41) is 9.53. The highest BCUT2D eigenvalue weighted by molar-refractivity contribution is 6.30. The van der Waals surface area contributed by atoms with Gasteiger partial charge in [-0.05, 0) is 37.6 Å². The smallest absolute Gasteiger partial charge is 0.475 e. The Kier molecular flexibility index (Phi) is 5.76. The molecular formula is C16H17ClN2O4. The highest BCUT2D eigenvalue weighted by Crippen LogP contribution is 2.32. The summed E-state index contributed by atoms with van der Waals surface area (Å²) in [4.78, 5) is 19.7. The summed E-state index contributed by atoms with van der Waals surface area (Å²) >= 11 is 5.89. The van der Waals surface area contributed by atoms with Crippen LogP contribution in [0.3, 0.4) is 0 Å². The SMILES string of the molecule is CCCc1nc(-c2ccc(Cl)cc2)nc(OCC)c1OC(=O)O. The van der Waals surface area contributed by atoms with Gasteiger partial charge in [0.05, 0.1) is 12.3 Å². The van der Waals surface area contributed by atoms with Crippen molar-refractivity contribution in [3.63, 3.8) is 0 Å². The number of hydrogen-bond acceptors (Lipinski definition) is 5. The molecule has 7 heteroatoms. The lowest BCUT2D eigenvalue weighted by molar-refractivity contribution is 0.141. The highest BCUT2D eigenvalue weighted by Gasteiger charge is 2.20. The van der Waals surface area contributed by atoms with Gasteiger partial charge >= 0.3 is 6.16 Å². The maximum atomic E-state index is 10.9. The van der Waals surface area contributed by atoms with E-state index in [-0.39, 0.29) is 11.6 Å². The molecule has 0 spiro atoms. The molecule has 0 saturated carbocycles. The molecule has 0 bridgehead atoms. The van der Waals surface area contributed by atoms with E-state index in [0.29, 0.717) is 29.6 Å². The van der Waals surface area contributed by atoms with Crippen LogP contribution in [-0.4, -0.2) is 27.8 Å². The van der Waals surface area contributed by atoms with E-state index in [2.05, 4.69) is 9.97 Å². The number of ether oxygens (including phenoxy) is 2. The Morgan fingerprint density at radius 1 is 1.22 bits per heavy atom. The molecule has 122 valence electrons. The standard InChI is InChI=1S/C16H17ClN2O4/c1-3-5-12-13(23-16(20)21)15(22-4-2)19-14(18-12)10-6-8-11(17)9-7-10/h6-9H,3-5H2,1-2H3,(H,20,21). The predicted octanol–water partition coefficient (Wildman–Crippen LogP) is 4.21. The molecule has 1 N–H and O–H groups in total. The number of benzene rings is 1. The number of hydrogen-bond donors (Lipinski definition) is 1. The number of halogens is 1. The number of carboxylic acid groups (broad SMARTS) is 1. The molecule has 6 nitrogen and oxygen atoms in total. The van der Waals surface area contributed by atoms with Crippen LogP contribution in [0.25, 0.3) is 11.4 Å². The van der Waals surface area contributed by atoms with Crippen molar-refractivity contribution in [2.24, 2.45) is 0 Å². The Labute approximate surface area is 139 Å². The molecule has 0 saturated heterocycles. The lowest BCUT2D eigenvalue weighted by Crippen LogP contribution is -2.11. The van der Waals surface area contributed by atoms with Gasteiger partial charge in [-0.1, -0.05) is 24.9 Å². The quantitative estimate of drug-likeness (QED) is 0.796. The maximum Gasteiger partial charge on any atom is 0.511 e. The Balaban J connectivity index is 2.55. The van der Waals surface area contributed by atoms with Gasteiger partial charge in [-0.15, -0.1) is 0 Å². The number of carbonyl (C=O) groups is 1. The molecule has 2 aromatic rings. The van der Waals surface area contributed by atoms with Crippen molar-refractivity contribution in [1.82, 2.24) is 9.97 Å². The summed E-state index contributed by atoms with van der Waals surface area (Å²) in [6.45, 7) is 4.09. The molecule has 2 rings (SSSR count). The van der Waals surface area contributed by atoms with Crippen molar-refractivity contribution in [3.8, 4) is 23.0 Å². The van der Waals surface area contributed by atoms with Gasteiger partial charge in [0.15, 0.2) is 5.82 Å². The highest BCUT2D eigenvalue weighted by atomic mass is 35.5. The van der Waals surface area contributed by atoms with Gasteiger partial charge in [0, 0.05) is 10.6 Å². The van der Waals surface area contributed by atoms with Crippen molar-refractivity contribution in [2.45, 2.75) is 26.7 Å². The van der Waals surface area contributed by atoms with Crippen molar-refractivity contribution in [1.29, 1.82) is 0 Å². The van der Waals surface area contributed by atoms with E-state index >= 15 is 0 Å². The third-order valence-electron chi connectivity index (χ3n) is 2.96. The van der Waals surface area contributed by atoms with Crippen molar-refractivity contribution in [2.75, 3.05) is 6.61 Å². The first kappa shape index (κ1) is 17.0. The van der Waals surface area contributed by atoms with E-state index in [9.17, 15) is 4.79 Å². The minimum Gasteiger partial charge on any atom is -0.475 e. The first-order valence-electron chi connectivity index (χ1n) is 7.25. The van der Waals surface area contributed by atoms with Crippen LogP contribution in [0.5, 0.6) is 11.6 Å². The van der Waals surface area contributed by atoms with Crippen LogP contribution >= 0.6 is 11.6 Å². The average molecular weight is 337 g/mol. The second-order valence-corrected chi connectivity index (χ2v) is 5.12. The lowest BCUT2D eigenvalue weighted by atomic mass is 10.2. The number of rotatable bonds is 6. The fourth-order valence-electron chi connectivity index (χ4n) is 2.03. The first-order chi connectivity index (χ1) is 11.0. The van der Waals surface area contributed by atoms with E-state index in [0.717, 1.165) is 12.0 Å². The zero-order valence-electron chi connectivity index (χ0n) is 12.9. The molecule has 0 unspecified atom stereocenters. The van der Waals surface area contributed by atoms with Gasteiger partial charge in [-0.25, -0.2) is 9.78 Å². The average Bonchev–Trinajstić information content (AvgIpc) is 2.51. The molecule has 1 aromatic carbocycles. The molecule has 0 aliphatic carbocycles. The molecule has 0 amide bonds. The molecule has 0 atom stereocenters. The third-order valence-corrected chi connectivity index (χ3v) is 3.22. The second kappa shape index (κ2) is 7.78. The van der Waals surface area contributed by atoms with E-state index in [4.69, 9.17) is 26.2 Å². The van der Waals surface area contributed by atoms with Gasteiger partial charge in [0.1, 0.15) is 0 Å². The first-order valence-corrected chi connectivity index (χ1v) is 7.63. The largest absolute Gasteiger partial charge is 0.511 e. The minimum absolute atomic E-state index is 0.0545. The van der Waals surface area contributed by atoms with Crippen LogP contribution in [0.1, 0.15) is 26.0 Å². The Hall–Kier alpha value is -2.34. The topological polar surface area (TPSA) is 81.5 Å². The number of nitrogens with zero attached hydrogens (tertiary/aromatic N) is 2. The van der Waals surface area contributed by atoms with Gasteiger partial charge in [-0.3, -0.25) is 0 Å². The van der Waals surface area contributed by atoms with Gasteiger partial charge < -0.3 is 14.6 Å². The van der Waals surface area contributed by atoms with Crippen molar-refractivity contribution < 1.29 is 19.4 Å². The molecule has 1 aromatic heterocycles. The van der Waals surface area contributed by atoms with Crippen LogP contribution < -0.4 is 9.47 Å². The van der Waals surface area contributed by atoms with Gasteiger partial charge in [0.25, 0.3) is 5.88 Å². The number of aromatic nitrogens is 2. The normalized spacial score (nSPS) is 10.4. The van der Waals surface area contributed by atoms with E-state index in [1.165, 1.54) is 0 Å². The van der Waals surface area contributed by atoms with Crippen molar-refractivity contribution in [3.05, 3.63) is 35.0 Å². The maximum absolute atomic E-state index is 10.9. The molecule has 0 fully saturated rings. The molecule has 0 aliphatic rings. The zero-order valence-corrected chi connectivity index (χ0v) is 13.6.